The van der Waals surface area contributed by atoms with Crippen molar-refractivity contribution in [2.75, 3.05) is 35.4 Å². The maximum absolute atomic E-state index is 9.41. The number of aldehydes is 1. The van der Waals surface area contributed by atoms with Crippen molar-refractivity contribution < 1.29 is 14.6 Å². The van der Waals surface area contributed by atoms with Crippen LogP contribution in [-0.4, -0.2) is 57.4 Å². The molecule has 0 bridgehead atoms. The first-order valence-corrected chi connectivity index (χ1v) is 10.5. The fourth-order valence-corrected chi connectivity index (χ4v) is 2.41. The molecule has 32 heavy (non-hydrogen) atoms. The molecule has 2 aromatic carbocycles. The van der Waals surface area contributed by atoms with E-state index in [4.69, 9.17) is 21.4 Å². The Morgan fingerprint density at radius 3 is 2.03 bits per heavy atom. The second kappa shape index (κ2) is 18.8. The van der Waals surface area contributed by atoms with Crippen LogP contribution in [0.2, 0.25) is 5.02 Å². The average Bonchev–Trinajstić information content (AvgIpc) is 2.83. The average molecular weight is 461 g/mol. The number of carbonyl (C=O) groups excluding carboxylic acids is 1. The lowest BCUT2D eigenvalue weighted by atomic mass is 10.0. The minimum Gasteiger partial charge on any atom is -0.497 e. The van der Waals surface area contributed by atoms with E-state index in [2.05, 4.69) is 28.6 Å². The zero-order valence-electron chi connectivity index (χ0n) is 20.5. The number of methoxy groups -OCH3 is 1. The van der Waals surface area contributed by atoms with E-state index in [0.29, 0.717) is 10.6 Å². The Bertz CT molecular complexity index is 858. The lowest BCUT2D eigenvalue weighted by molar-refractivity contribution is -0.104. The summed E-state index contributed by atoms with van der Waals surface area (Å²) >= 11 is 5.97. The molecule has 1 N–H and O–H groups in total. The first-order valence-electron chi connectivity index (χ1n) is 10.1. The van der Waals surface area contributed by atoms with Gasteiger partial charge in [-0.1, -0.05) is 56.3 Å². The Kier molecular flexibility index (Phi) is 18.4. The smallest absolute Gasteiger partial charge is 0.145 e. The molecule has 0 unspecified atom stereocenters. The lowest BCUT2D eigenvalue weighted by Crippen LogP contribution is -2.12. The number of allylic oxidation sites excluding steroid dienone is 2. The standard InChI is InChI=1S/C19H21ClN2O.C4H6O.C2H6.CH4O/c1-21-18(14-8-10-16(20)11-9-14)13-19(22(2)3)15-6-5-7-17(12-15)23-4;1-4(2)3-5;2*1-2/h5-13H,1-4H3;3H,1H2,2H3;1-2H3;2H,1H3/b19-13-,21-18?;;;. The minimum absolute atomic E-state index is 0.574. The Hall–Kier alpha value is -2.89. The first-order chi connectivity index (χ1) is 15.3. The van der Waals surface area contributed by atoms with Crippen LogP contribution in [-0.2, 0) is 4.79 Å². The number of carbonyl (C=O) groups is 1. The summed E-state index contributed by atoms with van der Waals surface area (Å²) in [6.07, 6.45) is 2.79. The molecule has 0 aliphatic heterocycles. The van der Waals surface area contributed by atoms with Crippen molar-refractivity contribution in [1.29, 1.82) is 0 Å². The van der Waals surface area contributed by atoms with Crippen molar-refractivity contribution in [1.82, 2.24) is 4.90 Å². The van der Waals surface area contributed by atoms with Crippen LogP contribution in [0.25, 0.3) is 5.70 Å². The maximum Gasteiger partial charge on any atom is 0.145 e. The number of aliphatic imine (C=N–C) groups is 1. The van der Waals surface area contributed by atoms with Crippen molar-refractivity contribution in [3.8, 4) is 5.75 Å². The third-order valence-electron chi connectivity index (χ3n) is 3.70. The van der Waals surface area contributed by atoms with Crippen LogP contribution >= 0.6 is 11.6 Å². The Balaban J connectivity index is 0. The summed E-state index contributed by atoms with van der Waals surface area (Å²) in [6.45, 7) is 8.97. The Morgan fingerprint density at radius 2 is 1.62 bits per heavy atom. The number of rotatable bonds is 6. The van der Waals surface area contributed by atoms with Gasteiger partial charge in [-0.3, -0.25) is 9.79 Å². The van der Waals surface area contributed by atoms with E-state index < -0.39 is 0 Å². The molecule has 0 amide bonds. The van der Waals surface area contributed by atoms with Gasteiger partial charge in [0.25, 0.3) is 0 Å². The normalized spacial score (nSPS) is 10.2. The van der Waals surface area contributed by atoms with Gasteiger partial charge in [0.2, 0.25) is 0 Å². The van der Waals surface area contributed by atoms with Crippen LogP contribution in [0.15, 0.2) is 71.8 Å². The molecule has 0 saturated carbocycles. The summed E-state index contributed by atoms with van der Waals surface area (Å²) in [6, 6.07) is 15.7. The molecule has 0 aliphatic carbocycles. The monoisotopic (exact) mass is 460 g/mol. The van der Waals surface area contributed by atoms with Gasteiger partial charge >= 0.3 is 0 Å². The molecule has 176 valence electrons. The van der Waals surface area contributed by atoms with Gasteiger partial charge in [-0.05, 0) is 48.4 Å². The molecule has 0 saturated heterocycles. The van der Waals surface area contributed by atoms with E-state index in [9.17, 15) is 4.79 Å². The Labute approximate surface area is 198 Å². The van der Waals surface area contributed by atoms with Crippen LogP contribution in [0.4, 0.5) is 0 Å². The highest BCUT2D eigenvalue weighted by Crippen LogP contribution is 2.23. The van der Waals surface area contributed by atoms with Gasteiger partial charge in [-0.2, -0.15) is 0 Å². The number of hydrogen-bond acceptors (Lipinski definition) is 5. The summed E-state index contributed by atoms with van der Waals surface area (Å²) in [7, 11) is 8.49. The SMILES string of the molecule is C=C(C)C=O.CC.CN=C(/C=C(/c1cccc(OC)c1)N(C)C)c1ccc(Cl)cc1.CO. The molecule has 0 heterocycles. The number of nitrogens with zero attached hydrogens (tertiary/aromatic N) is 2. The predicted octanol–water partition coefficient (Wildman–Crippen LogP) is 5.77. The summed E-state index contributed by atoms with van der Waals surface area (Å²) in [5.74, 6) is 0.830. The molecule has 2 rings (SSSR count). The van der Waals surface area contributed by atoms with E-state index in [1.165, 1.54) is 0 Å². The zero-order valence-corrected chi connectivity index (χ0v) is 21.3. The van der Waals surface area contributed by atoms with Gasteiger partial charge in [0.15, 0.2) is 0 Å². The summed E-state index contributed by atoms with van der Waals surface area (Å²) in [5.41, 5.74) is 4.63. The van der Waals surface area contributed by atoms with Crippen molar-refractivity contribution in [3.05, 3.63) is 82.9 Å². The molecular weight excluding hydrogens is 424 g/mol. The summed E-state index contributed by atoms with van der Waals surface area (Å²) < 4.78 is 5.32. The van der Waals surface area contributed by atoms with Crippen LogP contribution in [0.1, 0.15) is 31.9 Å². The third kappa shape index (κ3) is 12.1. The van der Waals surface area contributed by atoms with Gasteiger partial charge in [0.1, 0.15) is 12.0 Å². The highest BCUT2D eigenvalue weighted by molar-refractivity contribution is 6.30. The number of halogens is 1. The van der Waals surface area contributed by atoms with Crippen molar-refractivity contribution >= 4 is 29.3 Å². The van der Waals surface area contributed by atoms with Gasteiger partial charge in [-0.25, -0.2) is 0 Å². The molecular formula is C26H37ClN2O3. The number of ether oxygens (including phenoxy) is 1. The number of aliphatic hydroxyl groups excluding tert-OH is 1. The van der Waals surface area contributed by atoms with E-state index >= 15 is 0 Å². The quantitative estimate of drug-likeness (QED) is 0.338. The zero-order chi connectivity index (χ0) is 25.1. The second-order valence-corrected chi connectivity index (χ2v) is 6.67. The fourth-order valence-electron chi connectivity index (χ4n) is 2.28. The molecule has 5 nitrogen and oxygen atoms in total. The molecule has 2 aromatic rings. The predicted molar refractivity (Wildman–Crippen MR) is 139 cm³/mol. The highest BCUT2D eigenvalue weighted by atomic mass is 35.5. The van der Waals surface area contributed by atoms with Gasteiger partial charge in [0, 0.05) is 44.5 Å². The topological polar surface area (TPSA) is 62.1 Å². The largest absolute Gasteiger partial charge is 0.497 e. The molecule has 6 heteroatoms. The van der Waals surface area contributed by atoms with Crippen molar-refractivity contribution in [3.63, 3.8) is 0 Å². The number of aliphatic hydroxyl groups is 1. The van der Waals surface area contributed by atoms with Gasteiger partial charge in [-0.15, -0.1) is 0 Å². The van der Waals surface area contributed by atoms with E-state index in [-0.39, 0.29) is 0 Å². The van der Waals surface area contributed by atoms with Gasteiger partial charge in [0.05, 0.1) is 12.8 Å². The number of benzene rings is 2. The second-order valence-electron chi connectivity index (χ2n) is 6.24. The van der Waals surface area contributed by atoms with E-state index in [0.717, 1.165) is 41.7 Å². The number of hydrogen-bond donors (Lipinski definition) is 1. The van der Waals surface area contributed by atoms with Crippen LogP contribution in [0.5, 0.6) is 5.75 Å². The molecule has 0 aromatic heterocycles. The van der Waals surface area contributed by atoms with Crippen LogP contribution in [0.3, 0.4) is 0 Å². The molecule has 0 spiro atoms. The summed E-state index contributed by atoms with van der Waals surface area (Å²) in [5, 5.41) is 7.72. The van der Waals surface area contributed by atoms with Crippen molar-refractivity contribution in [2.45, 2.75) is 20.8 Å². The highest BCUT2D eigenvalue weighted by Gasteiger charge is 2.09. The van der Waals surface area contributed by atoms with E-state index in [1.54, 1.807) is 21.1 Å². The minimum atomic E-state index is 0.574. The molecule has 0 radical (unpaired) electrons. The Morgan fingerprint density at radius 1 is 1.09 bits per heavy atom. The first kappa shape index (κ1) is 31.3. The van der Waals surface area contributed by atoms with Crippen molar-refractivity contribution in [2.24, 2.45) is 4.99 Å². The maximum atomic E-state index is 9.41. The summed E-state index contributed by atoms with van der Waals surface area (Å²) in [4.78, 5) is 15.9. The molecule has 0 fully saturated rings. The lowest BCUT2D eigenvalue weighted by Gasteiger charge is -2.19. The van der Waals surface area contributed by atoms with E-state index in [1.807, 2.05) is 70.4 Å². The van der Waals surface area contributed by atoms with Crippen LogP contribution in [0, 0.1) is 0 Å². The molecule has 0 atom stereocenters. The van der Waals surface area contributed by atoms with Crippen LogP contribution < -0.4 is 4.74 Å². The molecule has 0 aliphatic rings. The van der Waals surface area contributed by atoms with Gasteiger partial charge < -0.3 is 14.7 Å². The third-order valence-corrected chi connectivity index (χ3v) is 3.95. The fraction of sp³-hybridized carbons (Fsp3) is 0.308.